The van der Waals surface area contributed by atoms with Crippen LogP contribution in [0.1, 0.15) is 38.3 Å². The summed E-state index contributed by atoms with van der Waals surface area (Å²) in [6, 6.07) is 14.3. The number of rotatable bonds is 11. The SMILES string of the molecule is CCC(C)NC(=O)C(C)N(Cc1c(Cl)cccc1Cl)C(=O)CN(c1cc(Cl)ccc1Cl)S(=O)(=O)c1ccc(C)cc1. The molecule has 0 saturated carbocycles. The molecule has 0 aliphatic carbocycles. The van der Waals surface area contributed by atoms with E-state index in [9.17, 15) is 18.0 Å². The minimum atomic E-state index is -4.31. The average Bonchev–Trinajstić information content (AvgIpc) is 2.92. The molecule has 0 aliphatic heterocycles. The molecule has 3 aromatic rings. The van der Waals surface area contributed by atoms with Gasteiger partial charge in [-0.05, 0) is 69.7 Å². The molecule has 3 aromatic carbocycles. The first-order valence-corrected chi connectivity index (χ1v) is 15.8. The van der Waals surface area contributed by atoms with Gasteiger partial charge < -0.3 is 10.2 Å². The quantitative estimate of drug-likeness (QED) is 0.237. The zero-order valence-corrected chi connectivity index (χ0v) is 26.8. The minimum absolute atomic E-state index is 0.0144. The first-order valence-electron chi connectivity index (χ1n) is 12.8. The number of hydrogen-bond acceptors (Lipinski definition) is 4. The fourth-order valence-electron chi connectivity index (χ4n) is 3.93. The summed E-state index contributed by atoms with van der Waals surface area (Å²) in [5, 5.41) is 3.76. The third-order valence-electron chi connectivity index (χ3n) is 6.62. The summed E-state index contributed by atoms with van der Waals surface area (Å²) in [5.74, 6) is -1.09. The molecule has 1 N–H and O–H groups in total. The van der Waals surface area contributed by atoms with Gasteiger partial charge in [0.05, 0.1) is 15.6 Å². The van der Waals surface area contributed by atoms with Crippen molar-refractivity contribution in [3.63, 3.8) is 0 Å². The number of aryl methyl sites for hydroxylation is 1. The standard InChI is InChI=1S/C29H31Cl4N3O4S/c1-5-19(3)34-29(38)20(4)35(16-23-24(31)7-6-8-25(23)32)28(37)17-36(27-15-21(30)11-14-26(27)33)41(39,40)22-12-9-18(2)10-13-22/h6-15,19-20H,5,16-17H2,1-4H3,(H,34,38). The van der Waals surface area contributed by atoms with Crippen LogP contribution in [0, 0.1) is 6.92 Å². The van der Waals surface area contributed by atoms with Crippen LogP contribution in [0.3, 0.4) is 0 Å². The Morgan fingerprint density at radius 1 is 0.902 bits per heavy atom. The van der Waals surface area contributed by atoms with E-state index >= 15 is 0 Å². The lowest BCUT2D eigenvalue weighted by atomic mass is 10.1. The Hall–Kier alpha value is -2.49. The van der Waals surface area contributed by atoms with Crippen molar-refractivity contribution in [1.29, 1.82) is 0 Å². The minimum Gasteiger partial charge on any atom is -0.352 e. The molecule has 0 bridgehead atoms. The zero-order valence-electron chi connectivity index (χ0n) is 23.0. The van der Waals surface area contributed by atoms with Crippen LogP contribution in [0.15, 0.2) is 65.6 Å². The van der Waals surface area contributed by atoms with Crippen LogP contribution < -0.4 is 9.62 Å². The summed E-state index contributed by atoms with van der Waals surface area (Å²) in [6.07, 6.45) is 0.679. The molecule has 3 rings (SSSR count). The molecule has 12 heteroatoms. The van der Waals surface area contributed by atoms with Crippen molar-refractivity contribution < 1.29 is 18.0 Å². The van der Waals surface area contributed by atoms with E-state index in [1.165, 1.54) is 35.2 Å². The maximum Gasteiger partial charge on any atom is 0.264 e. The number of halogens is 4. The van der Waals surface area contributed by atoms with E-state index in [1.54, 1.807) is 37.3 Å². The van der Waals surface area contributed by atoms with E-state index in [2.05, 4.69) is 5.32 Å². The van der Waals surface area contributed by atoms with Crippen LogP contribution in [0.5, 0.6) is 0 Å². The lowest BCUT2D eigenvalue weighted by Crippen LogP contribution is -2.52. The zero-order chi connectivity index (χ0) is 30.5. The van der Waals surface area contributed by atoms with Gasteiger partial charge in [0, 0.05) is 33.2 Å². The van der Waals surface area contributed by atoms with Crippen molar-refractivity contribution >= 4 is 73.9 Å². The Kier molecular flexibility index (Phi) is 11.4. The highest BCUT2D eigenvalue weighted by Crippen LogP contribution is 2.34. The second-order valence-corrected chi connectivity index (χ2v) is 13.2. The van der Waals surface area contributed by atoms with Gasteiger partial charge in [-0.15, -0.1) is 0 Å². The Morgan fingerprint density at radius 3 is 2.10 bits per heavy atom. The Morgan fingerprint density at radius 2 is 1.51 bits per heavy atom. The highest BCUT2D eigenvalue weighted by atomic mass is 35.5. The van der Waals surface area contributed by atoms with Crippen molar-refractivity contribution in [3.8, 4) is 0 Å². The Labute approximate surface area is 261 Å². The Balaban J connectivity index is 2.11. The number of carbonyl (C=O) groups excluding carboxylic acids is 2. The third-order valence-corrected chi connectivity index (χ3v) is 9.66. The Bertz CT molecular complexity index is 1500. The molecule has 2 amide bonds. The van der Waals surface area contributed by atoms with Gasteiger partial charge in [-0.1, -0.05) is 77.1 Å². The van der Waals surface area contributed by atoms with E-state index in [4.69, 9.17) is 46.4 Å². The van der Waals surface area contributed by atoms with E-state index in [0.29, 0.717) is 22.0 Å². The molecule has 2 unspecified atom stereocenters. The highest BCUT2D eigenvalue weighted by molar-refractivity contribution is 7.92. The number of benzene rings is 3. The molecule has 0 spiro atoms. The topological polar surface area (TPSA) is 86.8 Å². The summed E-state index contributed by atoms with van der Waals surface area (Å²) in [4.78, 5) is 28.4. The first-order chi connectivity index (χ1) is 19.3. The average molecular weight is 659 g/mol. The van der Waals surface area contributed by atoms with Crippen LogP contribution in [0.25, 0.3) is 0 Å². The third kappa shape index (κ3) is 8.08. The van der Waals surface area contributed by atoms with Crippen LogP contribution in [-0.2, 0) is 26.2 Å². The van der Waals surface area contributed by atoms with Crippen LogP contribution in [-0.4, -0.2) is 43.8 Å². The molecule has 0 saturated heterocycles. The van der Waals surface area contributed by atoms with E-state index < -0.39 is 34.4 Å². The van der Waals surface area contributed by atoms with Crippen molar-refractivity contribution in [1.82, 2.24) is 10.2 Å². The van der Waals surface area contributed by atoms with E-state index in [0.717, 1.165) is 9.87 Å². The smallest absolute Gasteiger partial charge is 0.264 e. The van der Waals surface area contributed by atoms with Crippen LogP contribution in [0.4, 0.5) is 5.69 Å². The summed E-state index contributed by atoms with van der Waals surface area (Å²) < 4.78 is 28.8. The first kappa shape index (κ1) is 33.0. The monoisotopic (exact) mass is 657 g/mol. The fraction of sp³-hybridized carbons (Fsp3) is 0.310. The number of nitrogens with one attached hydrogen (secondary N) is 1. The largest absolute Gasteiger partial charge is 0.352 e. The molecular formula is C29H31Cl4N3O4S. The van der Waals surface area contributed by atoms with Crippen LogP contribution >= 0.6 is 46.4 Å². The normalized spacial score (nSPS) is 12.9. The molecule has 220 valence electrons. The van der Waals surface area contributed by atoms with Gasteiger partial charge in [-0.2, -0.15) is 0 Å². The van der Waals surface area contributed by atoms with Crippen LogP contribution in [0.2, 0.25) is 20.1 Å². The summed E-state index contributed by atoms with van der Waals surface area (Å²) in [7, 11) is -4.31. The second-order valence-electron chi connectivity index (χ2n) is 9.64. The molecule has 41 heavy (non-hydrogen) atoms. The lowest BCUT2D eigenvalue weighted by Gasteiger charge is -2.33. The number of amides is 2. The summed E-state index contributed by atoms with van der Waals surface area (Å²) in [6.45, 7) is 6.33. The molecule has 2 atom stereocenters. The number of nitrogens with zero attached hydrogens (tertiary/aromatic N) is 2. The maximum absolute atomic E-state index is 14.1. The number of anilines is 1. The predicted octanol–water partition coefficient (Wildman–Crippen LogP) is 7.14. The van der Waals surface area contributed by atoms with Crippen molar-refractivity contribution in [2.24, 2.45) is 0 Å². The highest BCUT2D eigenvalue weighted by Gasteiger charge is 2.34. The van der Waals surface area contributed by atoms with Crippen molar-refractivity contribution in [2.45, 2.75) is 57.6 Å². The maximum atomic E-state index is 14.1. The molecule has 0 aliphatic rings. The van der Waals surface area contributed by atoms with Crippen molar-refractivity contribution in [3.05, 3.63) is 91.9 Å². The van der Waals surface area contributed by atoms with Gasteiger partial charge in [0.15, 0.2) is 0 Å². The van der Waals surface area contributed by atoms with Gasteiger partial charge in [0.1, 0.15) is 12.6 Å². The van der Waals surface area contributed by atoms with Gasteiger partial charge in [0.25, 0.3) is 10.0 Å². The number of hydrogen-bond donors (Lipinski definition) is 1. The molecule has 0 radical (unpaired) electrons. The molecule has 0 heterocycles. The van der Waals surface area contributed by atoms with E-state index in [-0.39, 0.29) is 33.2 Å². The predicted molar refractivity (Wildman–Crippen MR) is 167 cm³/mol. The van der Waals surface area contributed by atoms with Gasteiger partial charge >= 0.3 is 0 Å². The van der Waals surface area contributed by atoms with Crippen molar-refractivity contribution in [2.75, 3.05) is 10.8 Å². The molecule has 0 fully saturated rings. The van der Waals surface area contributed by atoms with Gasteiger partial charge in [-0.3, -0.25) is 13.9 Å². The second kappa shape index (κ2) is 14.1. The van der Waals surface area contributed by atoms with E-state index in [1.807, 2.05) is 20.8 Å². The molecule has 7 nitrogen and oxygen atoms in total. The summed E-state index contributed by atoms with van der Waals surface area (Å²) in [5.41, 5.74) is 1.29. The summed E-state index contributed by atoms with van der Waals surface area (Å²) >= 11 is 25.5. The number of sulfonamides is 1. The van der Waals surface area contributed by atoms with Gasteiger partial charge in [-0.25, -0.2) is 8.42 Å². The number of carbonyl (C=O) groups is 2. The van der Waals surface area contributed by atoms with Gasteiger partial charge in [0.2, 0.25) is 11.8 Å². The fourth-order valence-corrected chi connectivity index (χ4v) is 6.31. The molecule has 0 aromatic heterocycles. The molecular weight excluding hydrogens is 628 g/mol. The lowest BCUT2D eigenvalue weighted by molar-refractivity contribution is -0.139.